The largest absolute Gasteiger partial charge is 0.454 e. The Balaban J connectivity index is 1.70. The zero-order valence-electron chi connectivity index (χ0n) is 14.5. The molecule has 24 heavy (non-hydrogen) atoms. The molecule has 1 fully saturated rings. The van der Waals surface area contributed by atoms with E-state index in [9.17, 15) is 8.42 Å². The van der Waals surface area contributed by atoms with Crippen molar-refractivity contribution < 1.29 is 17.9 Å². The summed E-state index contributed by atoms with van der Waals surface area (Å²) in [5.41, 5.74) is 0.661. The summed E-state index contributed by atoms with van der Waals surface area (Å²) in [7, 11) is -3.46. The highest BCUT2D eigenvalue weighted by Crippen LogP contribution is 2.36. The van der Waals surface area contributed by atoms with Gasteiger partial charge in [-0.3, -0.25) is 0 Å². The number of nitrogens with zero attached hydrogens (tertiary/aromatic N) is 1. The fourth-order valence-corrected chi connectivity index (χ4v) is 4.86. The van der Waals surface area contributed by atoms with Gasteiger partial charge in [0.25, 0.3) is 10.2 Å². The summed E-state index contributed by atoms with van der Waals surface area (Å²) in [6.07, 6.45) is 2.94. The quantitative estimate of drug-likeness (QED) is 0.882. The molecule has 2 aliphatic heterocycles. The molecule has 0 radical (unpaired) electrons. The lowest BCUT2D eigenvalue weighted by molar-refractivity contribution is 0.174. The summed E-state index contributed by atoms with van der Waals surface area (Å²) in [4.78, 5) is 0. The number of hydrogen-bond donors (Lipinski definition) is 1. The number of hydrogen-bond acceptors (Lipinski definition) is 4. The molecule has 2 heterocycles. The molecule has 1 saturated heterocycles. The van der Waals surface area contributed by atoms with Crippen LogP contribution in [0, 0.1) is 0 Å². The summed E-state index contributed by atoms with van der Waals surface area (Å²) in [5.74, 6) is 1.45. The zero-order chi connectivity index (χ0) is 17.4. The van der Waals surface area contributed by atoms with Crippen molar-refractivity contribution in [3.63, 3.8) is 0 Å². The maximum Gasteiger partial charge on any atom is 0.279 e. The van der Waals surface area contributed by atoms with Crippen LogP contribution in [0.4, 0.5) is 0 Å². The molecule has 1 aromatic rings. The molecule has 0 saturated carbocycles. The Morgan fingerprint density at radius 2 is 2.00 bits per heavy atom. The molecule has 6 nitrogen and oxygen atoms in total. The van der Waals surface area contributed by atoms with Gasteiger partial charge in [-0.15, -0.1) is 0 Å². The summed E-state index contributed by atoms with van der Waals surface area (Å²) in [5, 5.41) is 0. The van der Waals surface area contributed by atoms with Crippen molar-refractivity contribution in [2.45, 2.75) is 51.5 Å². The molecule has 0 aromatic heterocycles. The first-order valence-corrected chi connectivity index (χ1v) is 9.90. The van der Waals surface area contributed by atoms with Crippen molar-refractivity contribution in [2.24, 2.45) is 0 Å². The van der Waals surface area contributed by atoms with E-state index in [1.165, 1.54) is 0 Å². The minimum atomic E-state index is -3.46. The number of nitrogens with one attached hydrogen (secondary N) is 1. The van der Waals surface area contributed by atoms with Crippen LogP contribution in [0.25, 0.3) is 0 Å². The molecule has 134 valence electrons. The lowest BCUT2D eigenvalue weighted by atomic mass is 9.85. The molecule has 3 rings (SSSR count). The van der Waals surface area contributed by atoms with Crippen LogP contribution < -0.4 is 14.2 Å². The first-order chi connectivity index (χ1) is 11.3. The van der Waals surface area contributed by atoms with Crippen LogP contribution in [-0.4, -0.2) is 38.6 Å². The van der Waals surface area contributed by atoms with Gasteiger partial charge in [0.1, 0.15) is 0 Å². The second kappa shape index (κ2) is 6.54. The number of fused-ring (bicyclic) bond motifs is 1. The first-order valence-electron chi connectivity index (χ1n) is 8.46. The Labute approximate surface area is 144 Å². The molecule has 0 spiro atoms. The van der Waals surface area contributed by atoms with Crippen LogP contribution in [-0.2, 0) is 15.6 Å². The van der Waals surface area contributed by atoms with Gasteiger partial charge in [-0.25, -0.2) is 4.72 Å². The molecule has 1 aromatic carbocycles. The Morgan fingerprint density at radius 1 is 1.25 bits per heavy atom. The Bertz CT molecular complexity index is 703. The lowest BCUT2D eigenvalue weighted by Crippen LogP contribution is -2.50. The molecule has 0 amide bonds. The molecule has 7 heteroatoms. The average Bonchev–Trinajstić information content (AvgIpc) is 3.01. The van der Waals surface area contributed by atoms with Crippen LogP contribution in [0.2, 0.25) is 0 Å². The smallest absolute Gasteiger partial charge is 0.279 e. The van der Waals surface area contributed by atoms with Gasteiger partial charge in [0.15, 0.2) is 11.5 Å². The van der Waals surface area contributed by atoms with Crippen molar-refractivity contribution in [1.82, 2.24) is 9.03 Å². The number of piperidine rings is 1. The van der Waals surface area contributed by atoms with Crippen molar-refractivity contribution in [1.29, 1.82) is 0 Å². The van der Waals surface area contributed by atoms with Gasteiger partial charge < -0.3 is 9.47 Å². The summed E-state index contributed by atoms with van der Waals surface area (Å²) < 4.78 is 40.4. The maximum absolute atomic E-state index is 12.6. The van der Waals surface area contributed by atoms with E-state index in [0.717, 1.165) is 30.6 Å². The summed E-state index contributed by atoms with van der Waals surface area (Å²) in [6, 6.07) is 5.83. The third-order valence-corrected chi connectivity index (χ3v) is 6.57. The van der Waals surface area contributed by atoms with E-state index in [4.69, 9.17) is 9.47 Å². The topological polar surface area (TPSA) is 67.9 Å². The van der Waals surface area contributed by atoms with Crippen LogP contribution in [0.1, 0.15) is 45.6 Å². The predicted molar refractivity (Wildman–Crippen MR) is 92.5 cm³/mol. The van der Waals surface area contributed by atoms with Gasteiger partial charge in [0, 0.05) is 24.5 Å². The van der Waals surface area contributed by atoms with Crippen LogP contribution in [0.5, 0.6) is 11.5 Å². The summed E-state index contributed by atoms with van der Waals surface area (Å²) in [6.45, 7) is 7.18. The normalized spacial score (nSPS) is 21.9. The molecule has 1 atom stereocenters. The first kappa shape index (κ1) is 17.5. The van der Waals surface area contributed by atoms with E-state index in [-0.39, 0.29) is 18.2 Å². The van der Waals surface area contributed by atoms with Gasteiger partial charge in [-0.2, -0.15) is 12.7 Å². The molecule has 2 aliphatic rings. The fraction of sp³-hybridized carbons (Fsp3) is 0.647. The predicted octanol–water partition coefficient (Wildman–Crippen LogP) is 2.40. The second-order valence-electron chi connectivity index (χ2n) is 7.23. The number of benzene rings is 1. The van der Waals surface area contributed by atoms with E-state index < -0.39 is 10.2 Å². The minimum absolute atomic E-state index is 0.0601. The highest BCUT2D eigenvalue weighted by atomic mass is 32.2. The lowest BCUT2D eigenvalue weighted by Gasteiger charge is -2.34. The summed E-state index contributed by atoms with van der Waals surface area (Å²) >= 11 is 0. The Morgan fingerprint density at radius 3 is 2.75 bits per heavy atom. The van der Waals surface area contributed by atoms with E-state index >= 15 is 0 Å². The van der Waals surface area contributed by atoms with Gasteiger partial charge in [0.2, 0.25) is 6.79 Å². The van der Waals surface area contributed by atoms with E-state index in [2.05, 4.69) is 4.72 Å². The van der Waals surface area contributed by atoms with E-state index in [1.807, 2.05) is 39.0 Å². The molecule has 0 bridgehead atoms. The van der Waals surface area contributed by atoms with Crippen LogP contribution >= 0.6 is 0 Å². The number of rotatable bonds is 5. The van der Waals surface area contributed by atoms with Gasteiger partial charge >= 0.3 is 0 Å². The average molecular weight is 354 g/mol. The third kappa shape index (κ3) is 3.53. The molecule has 1 unspecified atom stereocenters. The van der Waals surface area contributed by atoms with Gasteiger partial charge in [0.05, 0.1) is 0 Å². The number of ether oxygens (including phenoxy) is 2. The Hall–Kier alpha value is -1.31. The monoisotopic (exact) mass is 354 g/mol. The standard InChI is InChI=1S/C17H26N2O4S/c1-13-6-4-5-9-19(13)24(20,21)18-11-17(2,3)14-7-8-15-16(10-14)23-12-22-15/h7-8,10,13,18H,4-6,9,11-12H2,1-3H3. The van der Waals surface area contributed by atoms with Crippen LogP contribution in [0.3, 0.4) is 0 Å². The van der Waals surface area contributed by atoms with Crippen molar-refractivity contribution >= 4 is 10.2 Å². The van der Waals surface area contributed by atoms with Gasteiger partial charge in [-0.1, -0.05) is 26.3 Å². The minimum Gasteiger partial charge on any atom is -0.454 e. The SMILES string of the molecule is CC1CCCCN1S(=O)(=O)NCC(C)(C)c1ccc2c(c1)OCO2. The highest BCUT2D eigenvalue weighted by Gasteiger charge is 2.32. The molecular weight excluding hydrogens is 328 g/mol. The van der Waals surface area contributed by atoms with Crippen molar-refractivity contribution in [3.8, 4) is 11.5 Å². The van der Waals surface area contributed by atoms with Crippen molar-refractivity contribution in [3.05, 3.63) is 23.8 Å². The Kier molecular flexibility index (Phi) is 4.77. The fourth-order valence-electron chi connectivity index (χ4n) is 3.20. The zero-order valence-corrected chi connectivity index (χ0v) is 15.4. The molecular formula is C17H26N2O4S. The second-order valence-corrected chi connectivity index (χ2v) is 8.94. The molecule has 0 aliphatic carbocycles. The van der Waals surface area contributed by atoms with Crippen LogP contribution in [0.15, 0.2) is 18.2 Å². The third-order valence-electron chi connectivity index (χ3n) is 4.90. The van der Waals surface area contributed by atoms with Crippen molar-refractivity contribution in [2.75, 3.05) is 19.9 Å². The molecule has 1 N–H and O–H groups in total. The van der Waals surface area contributed by atoms with E-state index in [0.29, 0.717) is 18.8 Å². The highest BCUT2D eigenvalue weighted by molar-refractivity contribution is 7.87. The maximum atomic E-state index is 12.6. The van der Waals surface area contributed by atoms with Gasteiger partial charge in [-0.05, 0) is 37.5 Å². The van der Waals surface area contributed by atoms with E-state index in [1.54, 1.807) is 4.31 Å².